The Hall–Kier alpha value is -2.49. The summed E-state index contributed by atoms with van der Waals surface area (Å²) >= 11 is 0. The standard InChI is InChI=1S/C14H12N2O2/c1-18-11-6-4-10(5-7-11)12-9-16-8-2-3-13(17)14(16)15-12/h2-9,17H,1H3. The molecule has 90 valence electrons. The molecule has 0 atom stereocenters. The molecule has 0 radical (unpaired) electrons. The monoisotopic (exact) mass is 240 g/mol. The van der Waals surface area contributed by atoms with Gasteiger partial charge in [0.1, 0.15) is 5.75 Å². The van der Waals surface area contributed by atoms with Gasteiger partial charge in [-0.15, -0.1) is 0 Å². The molecule has 1 aromatic carbocycles. The van der Waals surface area contributed by atoms with E-state index in [1.54, 1.807) is 23.6 Å². The largest absolute Gasteiger partial charge is 0.504 e. The number of fused-ring (bicyclic) bond motifs is 1. The van der Waals surface area contributed by atoms with E-state index in [-0.39, 0.29) is 5.75 Å². The number of aromatic nitrogens is 2. The van der Waals surface area contributed by atoms with Crippen molar-refractivity contribution in [2.24, 2.45) is 0 Å². The smallest absolute Gasteiger partial charge is 0.180 e. The summed E-state index contributed by atoms with van der Waals surface area (Å²) in [4.78, 5) is 4.41. The first kappa shape index (κ1) is 10.7. The summed E-state index contributed by atoms with van der Waals surface area (Å²) in [7, 11) is 1.64. The summed E-state index contributed by atoms with van der Waals surface area (Å²) in [6, 6.07) is 11.1. The zero-order chi connectivity index (χ0) is 12.5. The van der Waals surface area contributed by atoms with Gasteiger partial charge in [-0.1, -0.05) is 0 Å². The van der Waals surface area contributed by atoms with Crippen LogP contribution >= 0.6 is 0 Å². The quantitative estimate of drug-likeness (QED) is 0.749. The number of rotatable bonds is 2. The normalized spacial score (nSPS) is 10.7. The van der Waals surface area contributed by atoms with Crippen molar-refractivity contribution in [1.29, 1.82) is 0 Å². The Kier molecular flexibility index (Phi) is 2.41. The number of methoxy groups -OCH3 is 1. The number of hydrogen-bond donors (Lipinski definition) is 1. The molecule has 0 aliphatic carbocycles. The van der Waals surface area contributed by atoms with Gasteiger partial charge in [0.05, 0.1) is 12.8 Å². The highest BCUT2D eigenvalue weighted by Gasteiger charge is 2.07. The number of imidazole rings is 1. The number of pyridine rings is 1. The number of benzene rings is 1. The van der Waals surface area contributed by atoms with Crippen LogP contribution in [-0.4, -0.2) is 21.6 Å². The maximum absolute atomic E-state index is 9.71. The molecule has 0 amide bonds. The Morgan fingerprint density at radius 2 is 1.94 bits per heavy atom. The molecule has 0 saturated heterocycles. The average Bonchev–Trinajstić information content (AvgIpc) is 2.84. The lowest BCUT2D eigenvalue weighted by molar-refractivity contribution is 0.415. The molecule has 18 heavy (non-hydrogen) atoms. The fourth-order valence-corrected chi connectivity index (χ4v) is 1.90. The van der Waals surface area contributed by atoms with Crippen LogP contribution in [0.25, 0.3) is 16.9 Å². The van der Waals surface area contributed by atoms with Crippen LogP contribution in [0.4, 0.5) is 0 Å². The summed E-state index contributed by atoms with van der Waals surface area (Å²) in [6.07, 6.45) is 3.74. The molecular formula is C14H12N2O2. The van der Waals surface area contributed by atoms with E-state index in [0.29, 0.717) is 5.65 Å². The lowest BCUT2D eigenvalue weighted by Gasteiger charge is -1.99. The van der Waals surface area contributed by atoms with E-state index in [1.165, 1.54) is 0 Å². The van der Waals surface area contributed by atoms with Gasteiger partial charge in [0.25, 0.3) is 0 Å². The highest BCUT2D eigenvalue weighted by atomic mass is 16.5. The lowest BCUT2D eigenvalue weighted by Crippen LogP contribution is -1.82. The highest BCUT2D eigenvalue weighted by Crippen LogP contribution is 2.24. The van der Waals surface area contributed by atoms with Gasteiger partial charge in [0, 0.05) is 18.0 Å². The molecule has 3 aromatic rings. The summed E-state index contributed by atoms with van der Waals surface area (Å²) in [5, 5.41) is 9.71. The van der Waals surface area contributed by atoms with Crippen LogP contribution in [0.3, 0.4) is 0 Å². The van der Waals surface area contributed by atoms with Gasteiger partial charge >= 0.3 is 0 Å². The second kappa shape index (κ2) is 4.07. The van der Waals surface area contributed by atoms with Gasteiger partial charge in [0.2, 0.25) is 0 Å². The first-order valence-electron chi connectivity index (χ1n) is 5.59. The van der Waals surface area contributed by atoms with E-state index < -0.39 is 0 Å². The topological polar surface area (TPSA) is 46.8 Å². The Bertz CT molecular complexity index is 687. The predicted octanol–water partition coefficient (Wildman–Crippen LogP) is 2.72. The second-order valence-corrected chi connectivity index (χ2v) is 3.98. The van der Waals surface area contributed by atoms with E-state index >= 15 is 0 Å². The highest BCUT2D eigenvalue weighted by molar-refractivity contribution is 5.66. The number of ether oxygens (including phenoxy) is 1. The van der Waals surface area contributed by atoms with Crippen molar-refractivity contribution in [3.8, 4) is 22.8 Å². The minimum Gasteiger partial charge on any atom is -0.504 e. The van der Waals surface area contributed by atoms with Crippen molar-refractivity contribution in [1.82, 2.24) is 9.38 Å². The molecule has 1 N–H and O–H groups in total. The Morgan fingerprint density at radius 3 is 2.61 bits per heavy atom. The van der Waals surface area contributed by atoms with Crippen LogP contribution < -0.4 is 4.74 Å². The van der Waals surface area contributed by atoms with Gasteiger partial charge < -0.3 is 14.2 Å². The van der Waals surface area contributed by atoms with Crippen LogP contribution in [-0.2, 0) is 0 Å². The molecule has 4 heteroatoms. The van der Waals surface area contributed by atoms with E-state index in [1.807, 2.05) is 36.7 Å². The zero-order valence-corrected chi connectivity index (χ0v) is 9.87. The fraction of sp³-hybridized carbons (Fsp3) is 0.0714. The first-order chi connectivity index (χ1) is 8.78. The fourth-order valence-electron chi connectivity index (χ4n) is 1.90. The van der Waals surface area contributed by atoms with E-state index in [9.17, 15) is 5.11 Å². The van der Waals surface area contributed by atoms with Gasteiger partial charge in [-0.2, -0.15) is 0 Å². The number of nitrogens with zero attached hydrogens (tertiary/aromatic N) is 2. The average molecular weight is 240 g/mol. The summed E-state index contributed by atoms with van der Waals surface area (Å²) in [5.74, 6) is 0.989. The van der Waals surface area contributed by atoms with Gasteiger partial charge in [0.15, 0.2) is 11.4 Å². The third kappa shape index (κ3) is 1.68. The Morgan fingerprint density at radius 1 is 1.17 bits per heavy atom. The maximum atomic E-state index is 9.71. The SMILES string of the molecule is COc1ccc(-c2cn3cccc(O)c3n2)cc1. The molecule has 3 rings (SSSR count). The van der Waals surface area contributed by atoms with Crippen molar-refractivity contribution >= 4 is 5.65 Å². The molecule has 0 unspecified atom stereocenters. The maximum Gasteiger partial charge on any atom is 0.180 e. The molecule has 0 fully saturated rings. The minimum atomic E-state index is 0.178. The molecule has 0 saturated carbocycles. The predicted molar refractivity (Wildman–Crippen MR) is 68.8 cm³/mol. The molecular weight excluding hydrogens is 228 g/mol. The van der Waals surface area contributed by atoms with Gasteiger partial charge in [-0.25, -0.2) is 4.98 Å². The van der Waals surface area contributed by atoms with Crippen molar-refractivity contribution in [3.63, 3.8) is 0 Å². The first-order valence-corrected chi connectivity index (χ1v) is 5.59. The zero-order valence-electron chi connectivity index (χ0n) is 9.87. The third-order valence-corrected chi connectivity index (χ3v) is 2.85. The van der Waals surface area contributed by atoms with Crippen molar-refractivity contribution in [2.45, 2.75) is 0 Å². The van der Waals surface area contributed by atoms with Gasteiger partial charge in [-0.05, 0) is 36.4 Å². The minimum absolute atomic E-state index is 0.178. The molecule has 0 spiro atoms. The van der Waals surface area contributed by atoms with Crippen molar-refractivity contribution in [3.05, 3.63) is 48.8 Å². The lowest BCUT2D eigenvalue weighted by atomic mass is 10.2. The van der Waals surface area contributed by atoms with Crippen LogP contribution in [0.15, 0.2) is 48.8 Å². The Balaban J connectivity index is 2.10. The van der Waals surface area contributed by atoms with E-state index in [4.69, 9.17) is 4.74 Å². The molecule has 2 aromatic heterocycles. The van der Waals surface area contributed by atoms with Crippen molar-refractivity contribution < 1.29 is 9.84 Å². The van der Waals surface area contributed by atoms with E-state index in [2.05, 4.69) is 4.98 Å². The summed E-state index contributed by atoms with van der Waals surface area (Å²) in [5.41, 5.74) is 2.36. The summed E-state index contributed by atoms with van der Waals surface area (Å²) < 4.78 is 6.92. The number of aromatic hydroxyl groups is 1. The molecule has 2 heterocycles. The van der Waals surface area contributed by atoms with Crippen molar-refractivity contribution in [2.75, 3.05) is 7.11 Å². The molecule has 0 aliphatic rings. The van der Waals surface area contributed by atoms with Crippen LogP contribution in [0.1, 0.15) is 0 Å². The molecule has 0 aliphatic heterocycles. The number of hydrogen-bond acceptors (Lipinski definition) is 3. The second-order valence-electron chi connectivity index (χ2n) is 3.98. The third-order valence-electron chi connectivity index (χ3n) is 2.85. The molecule has 0 bridgehead atoms. The molecule has 4 nitrogen and oxygen atoms in total. The van der Waals surface area contributed by atoms with Crippen LogP contribution in [0.2, 0.25) is 0 Å². The van der Waals surface area contributed by atoms with Crippen LogP contribution in [0, 0.1) is 0 Å². The Labute approximate surface area is 104 Å². The van der Waals surface area contributed by atoms with E-state index in [0.717, 1.165) is 17.0 Å². The van der Waals surface area contributed by atoms with Crippen LogP contribution in [0.5, 0.6) is 11.5 Å². The van der Waals surface area contributed by atoms with Gasteiger partial charge in [-0.3, -0.25) is 0 Å². The summed E-state index contributed by atoms with van der Waals surface area (Å²) in [6.45, 7) is 0.